The Morgan fingerprint density at radius 2 is 1.60 bits per heavy atom. The van der Waals surface area contributed by atoms with Gasteiger partial charge in [0.05, 0.1) is 6.10 Å². The van der Waals surface area contributed by atoms with Crippen molar-refractivity contribution < 1.29 is 33.4 Å². The molecule has 8 heteroatoms. The average molecular weight is 509 g/mol. The second-order valence-electron chi connectivity index (χ2n) is 13.0. The molecule has 0 aromatic heterocycles. The van der Waals surface area contributed by atoms with Crippen molar-refractivity contribution in [3.63, 3.8) is 0 Å². The van der Waals surface area contributed by atoms with Gasteiger partial charge in [0.1, 0.15) is 17.8 Å². The zero-order valence-corrected chi connectivity index (χ0v) is 24.1. The van der Waals surface area contributed by atoms with Crippen LogP contribution in [0.4, 0.5) is 0 Å². The van der Waals surface area contributed by atoms with Crippen molar-refractivity contribution >= 4 is 26.0 Å². The van der Waals surface area contributed by atoms with E-state index in [1.807, 2.05) is 6.92 Å². The van der Waals surface area contributed by atoms with Crippen LogP contribution in [-0.2, 0) is 28.3 Å². The zero-order valence-electron chi connectivity index (χ0n) is 23.1. The molecule has 0 radical (unpaired) electrons. The van der Waals surface area contributed by atoms with E-state index in [9.17, 15) is 19.5 Å². The highest BCUT2D eigenvalue weighted by atomic mass is 28.4. The molecular weight excluding hydrogens is 464 g/mol. The summed E-state index contributed by atoms with van der Waals surface area (Å²) in [6, 6.07) is 0. The van der Waals surface area contributed by atoms with Crippen molar-refractivity contribution in [2.45, 2.75) is 118 Å². The lowest BCUT2D eigenvalue weighted by atomic mass is 9.48. The molecule has 1 N–H and O–H groups in total. The molecule has 0 amide bonds. The summed E-state index contributed by atoms with van der Waals surface area (Å²) in [6.45, 7) is 19.1. The molecule has 2 bridgehead atoms. The minimum absolute atomic E-state index is 0.0289. The van der Waals surface area contributed by atoms with Gasteiger partial charge in [0, 0.05) is 32.1 Å². The molecule has 35 heavy (non-hydrogen) atoms. The number of fused-ring (bicyclic) bond motifs is 3. The summed E-state index contributed by atoms with van der Waals surface area (Å²) < 4.78 is 18.4. The fourth-order valence-corrected chi connectivity index (χ4v) is 8.46. The summed E-state index contributed by atoms with van der Waals surface area (Å²) in [7, 11) is -2.02. The maximum absolute atomic E-state index is 13.3. The summed E-state index contributed by atoms with van der Waals surface area (Å²) in [5.41, 5.74) is -0.701. The Hall–Kier alpha value is -1.51. The number of carbonyl (C=O) groups excluding carboxylic acids is 3. The third-order valence-corrected chi connectivity index (χ3v) is 9.66. The standard InChI is InChI=1S/C27H44O7Si/c1-15-19(30)13-18-23(33-17(3)29)24-26(6,12-11-21(27(24,7)31)32-16(2)28)14-20(34-35(8,9)10)22(15)25(18,4)5/h18,20-21,23-24,31H,11-14H2,1-10H3/t18-,20-,21-,23+,24-,26-,27+/m0/s1. The van der Waals surface area contributed by atoms with Crippen molar-refractivity contribution in [2.75, 3.05) is 0 Å². The Morgan fingerprint density at radius 1 is 1.03 bits per heavy atom. The highest BCUT2D eigenvalue weighted by Gasteiger charge is 2.64. The van der Waals surface area contributed by atoms with Crippen molar-refractivity contribution in [3.05, 3.63) is 11.1 Å². The van der Waals surface area contributed by atoms with E-state index in [0.29, 0.717) is 19.3 Å². The van der Waals surface area contributed by atoms with Crippen LogP contribution in [-0.4, -0.2) is 55.1 Å². The number of allylic oxidation sites excluding steroid dienone is 1. The van der Waals surface area contributed by atoms with Crippen molar-refractivity contribution in [1.82, 2.24) is 0 Å². The van der Waals surface area contributed by atoms with Crippen LogP contribution in [0.15, 0.2) is 11.1 Å². The number of hydrogen-bond donors (Lipinski definition) is 1. The average Bonchev–Trinajstić information content (AvgIpc) is 2.63. The van der Waals surface area contributed by atoms with E-state index in [-0.39, 0.29) is 24.2 Å². The highest BCUT2D eigenvalue weighted by Crippen LogP contribution is 2.61. The van der Waals surface area contributed by atoms with Crippen LogP contribution in [0.3, 0.4) is 0 Å². The van der Waals surface area contributed by atoms with Crippen molar-refractivity contribution in [2.24, 2.45) is 22.7 Å². The molecule has 0 heterocycles. The van der Waals surface area contributed by atoms with Gasteiger partial charge in [-0.1, -0.05) is 20.8 Å². The molecule has 0 aromatic carbocycles. The molecule has 0 saturated heterocycles. The lowest BCUT2D eigenvalue weighted by Crippen LogP contribution is -2.66. The smallest absolute Gasteiger partial charge is 0.303 e. The minimum atomic E-state index is -2.02. The summed E-state index contributed by atoms with van der Waals surface area (Å²) >= 11 is 0. The Labute approximate surface area is 211 Å². The van der Waals surface area contributed by atoms with E-state index in [4.69, 9.17) is 13.9 Å². The summed E-state index contributed by atoms with van der Waals surface area (Å²) in [6.07, 6.45) is 0.237. The van der Waals surface area contributed by atoms with Gasteiger partial charge in [0.25, 0.3) is 0 Å². The largest absolute Gasteiger partial charge is 0.462 e. The van der Waals surface area contributed by atoms with E-state index in [2.05, 4.69) is 40.4 Å². The third kappa shape index (κ3) is 5.16. The van der Waals surface area contributed by atoms with Gasteiger partial charge in [-0.05, 0) is 74.7 Å². The SMILES string of the molecule is CC(=O)O[C@@H]1[C@@H]2CC(=O)C(C)=C([C@@H](O[Si](C)(C)C)C[C@]3(C)CC[C@H](OC(C)=O)[C@@](C)(O)[C@@H]13)C2(C)C. The van der Waals surface area contributed by atoms with E-state index in [1.165, 1.54) is 13.8 Å². The van der Waals surface area contributed by atoms with Crippen LogP contribution >= 0.6 is 0 Å². The molecular formula is C27H44O7Si. The van der Waals surface area contributed by atoms with E-state index < -0.39 is 54.8 Å². The first-order chi connectivity index (χ1) is 15.8. The number of carbonyl (C=O) groups is 3. The molecule has 198 valence electrons. The lowest BCUT2D eigenvalue weighted by Gasteiger charge is -2.61. The predicted molar refractivity (Wildman–Crippen MR) is 135 cm³/mol. The molecule has 0 aliphatic heterocycles. The maximum atomic E-state index is 13.3. The number of Topliss-reactive ketones (excluding diaryl/α,β-unsaturated/α-hetero) is 1. The summed E-state index contributed by atoms with van der Waals surface area (Å²) in [5.74, 6) is -1.78. The van der Waals surface area contributed by atoms with Crippen LogP contribution in [0.25, 0.3) is 0 Å². The summed E-state index contributed by atoms with van der Waals surface area (Å²) in [5, 5.41) is 12.1. The first kappa shape index (κ1) is 28.1. The van der Waals surface area contributed by atoms with Crippen LogP contribution in [0.2, 0.25) is 19.6 Å². The third-order valence-electron chi connectivity index (χ3n) is 8.66. The number of aliphatic hydroxyl groups is 1. The number of ether oxygens (including phenoxy) is 2. The first-order valence-corrected chi connectivity index (χ1v) is 16.2. The molecule has 3 aliphatic carbocycles. The molecule has 3 aliphatic rings. The normalized spacial score (nSPS) is 39.3. The van der Waals surface area contributed by atoms with E-state index in [1.54, 1.807) is 6.92 Å². The van der Waals surface area contributed by atoms with Crippen molar-refractivity contribution in [3.8, 4) is 0 Å². The van der Waals surface area contributed by atoms with Gasteiger partial charge in [-0.3, -0.25) is 14.4 Å². The quantitative estimate of drug-likeness (QED) is 0.438. The van der Waals surface area contributed by atoms with Crippen LogP contribution in [0, 0.1) is 22.7 Å². The molecule has 0 unspecified atom stereocenters. The summed E-state index contributed by atoms with van der Waals surface area (Å²) in [4.78, 5) is 37.7. The molecule has 2 saturated carbocycles. The highest BCUT2D eigenvalue weighted by molar-refractivity contribution is 6.69. The Morgan fingerprint density at radius 3 is 2.11 bits per heavy atom. The molecule has 3 rings (SSSR count). The van der Waals surface area contributed by atoms with Gasteiger partial charge in [0.2, 0.25) is 0 Å². The monoisotopic (exact) mass is 508 g/mol. The van der Waals surface area contributed by atoms with Crippen LogP contribution < -0.4 is 0 Å². The Kier molecular flexibility index (Phi) is 7.30. The fourth-order valence-electron chi connectivity index (χ4n) is 7.40. The van der Waals surface area contributed by atoms with Crippen molar-refractivity contribution in [1.29, 1.82) is 0 Å². The van der Waals surface area contributed by atoms with Gasteiger partial charge < -0.3 is 19.0 Å². The number of rotatable bonds is 4. The molecule has 0 spiro atoms. The van der Waals surface area contributed by atoms with E-state index >= 15 is 0 Å². The van der Waals surface area contributed by atoms with Gasteiger partial charge in [-0.15, -0.1) is 0 Å². The molecule has 7 nitrogen and oxygen atoms in total. The first-order valence-electron chi connectivity index (χ1n) is 12.8. The Bertz CT molecular complexity index is 928. The van der Waals surface area contributed by atoms with Gasteiger partial charge in [-0.25, -0.2) is 0 Å². The Balaban J connectivity index is 2.29. The second kappa shape index (κ2) is 9.10. The number of hydrogen-bond acceptors (Lipinski definition) is 7. The van der Waals surface area contributed by atoms with Gasteiger partial charge in [-0.2, -0.15) is 0 Å². The number of ketones is 1. The predicted octanol–water partition coefficient (Wildman–Crippen LogP) is 4.57. The van der Waals surface area contributed by atoms with Crippen LogP contribution in [0.5, 0.6) is 0 Å². The maximum Gasteiger partial charge on any atom is 0.303 e. The zero-order chi connectivity index (χ0) is 26.7. The second-order valence-corrected chi connectivity index (χ2v) is 17.4. The van der Waals surface area contributed by atoms with E-state index in [0.717, 1.165) is 11.1 Å². The number of esters is 2. The topological polar surface area (TPSA) is 99.1 Å². The van der Waals surface area contributed by atoms with Gasteiger partial charge in [0.15, 0.2) is 14.1 Å². The lowest BCUT2D eigenvalue weighted by molar-refractivity contribution is -0.236. The molecule has 2 fully saturated rings. The fraction of sp³-hybridized carbons (Fsp3) is 0.815. The van der Waals surface area contributed by atoms with Crippen LogP contribution in [0.1, 0.15) is 74.1 Å². The molecule has 7 atom stereocenters. The minimum Gasteiger partial charge on any atom is -0.462 e. The van der Waals surface area contributed by atoms with Gasteiger partial charge >= 0.3 is 11.9 Å². The molecule has 0 aromatic rings.